The maximum Gasteiger partial charge on any atom is 0.256 e. The zero-order chi connectivity index (χ0) is 19.6. The lowest BCUT2D eigenvalue weighted by Gasteiger charge is -2.26. The second-order valence-corrected chi connectivity index (χ2v) is 7.76. The number of carbonyl (C=O) groups excluding carboxylic acids is 2. The number of halogens is 3. The van der Waals surface area contributed by atoms with Crippen LogP contribution in [-0.2, 0) is 9.59 Å². The molecule has 0 saturated heterocycles. The van der Waals surface area contributed by atoms with E-state index in [-0.39, 0.29) is 18.0 Å². The molecule has 2 aromatic carbocycles. The van der Waals surface area contributed by atoms with Crippen LogP contribution in [0, 0.1) is 5.82 Å². The van der Waals surface area contributed by atoms with Gasteiger partial charge < -0.3 is 5.32 Å². The van der Waals surface area contributed by atoms with Crippen LogP contribution in [0.5, 0.6) is 0 Å². The molecule has 1 aliphatic rings. The van der Waals surface area contributed by atoms with Crippen molar-refractivity contribution in [1.82, 2.24) is 5.01 Å². The van der Waals surface area contributed by atoms with Crippen molar-refractivity contribution in [2.24, 2.45) is 5.10 Å². The Labute approximate surface area is 169 Å². The fourth-order valence-corrected chi connectivity index (χ4v) is 4.10. The summed E-state index contributed by atoms with van der Waals surface area (Å²) in [4.78, 5) is 24.7. The number of anilines is 1. The summed E-state index contributed by atoms with van der Waals surface area (Å²) < 4.78 is 13.7. The third kappa shape index (κ3) is 4.61. The minimum Gasteiger partial charge on any atom is -0.324 e. The van der Waals surface area contributed by atoms with Crippen LogP contribution in [0.25, 0.3) is 0 Å². The summed E-state index contributed by atoms with van der Waals surface area (Å²) in [6.07, 6.45) is -0.140. The van der Waals surface area contributed by atoms with E-state index in [2.05, 4.69) is 10.4 Å². The van der Waals surface area contributed by atoms with E-state index in [0.29, 0.717) is 20.7 Å². The molecule has 1 N–H and O–H groups in total. The maximum atomic E-state index is 13.7. The minimum absolute atomic E-state index is 0.0656. The molecule has 0 bridgehead atoms. The highest BCUT2D eigenvalue weighted by atomic mass is 35.5. The highest BCUT2D eigenvalue weighted by Crippen LogP contribution is 2.32. The molecule has 3 rings (SSSR count). The molecule has 0 aliphatic carbocycles. The topological polar surface area (TPSA) is 61.8 Å². The third-order valence-electron chi connectivity index (χ3n) is 3.77. The van der Waals surface area contributed by atoms with Crippen molar-refractivity contribution in [1.29, 1.82) is 0 Å². The molecule has 9 heteroatoms. The van der Waals surface area contributed by atoms with E-state index in [1.807, 2.05) is 0 Å². The van der Waals surface area contributed by atoms with Gasteiger partial charge in [-0.05, 0) is 30.3 Å². The number of hydrazone groups is 1. The maximum absolute atomic E-state index is 13.7. The molecule has 0 radical (unpaired) electrons. The van der Waals surface area contributed by atoms with E-state index in [1.54, 1.807) is 24.3 Å². The fraction of sp³-hybridized carbons (Fsp3) is 0.167. The van der Waals surface area contributed by atoms with Crippen LogP contribution >= 0.6 is 35.0 Å². The third-order valence-corrected chi connectivity index (χ3v) is 5.51. The number of hydrogen-bond acceptors (Lipinski definition) is 4. The zero-order valence-corrected chi connectivity index (χ0v) is 16.4. The van der Waals surface area contributed by atoms with Gasteiger partial charge in [-0.15, -0.1) is 0 Å². The molecular formula is C18H14Cl2FN3O2S. The van der Waals surface area contributed by atoms with Gasteiger partial charge >= 0.3 is 0 Å². The van der Waals surface area contributed by atoms with Gasteiger partial charge in [-0.1, -0.05) is 47.1 Å². The summed E-state index contributed by atoms with van der Waals surface area (Å²) in [5, 5.41) is 8.55. The van der Waals surface area contributed by atoms with Crippen LogP contribution in [0.2, 0.25) is 10.0 Å². The molecule has 140 valence electrons. The number of rotatable bonds is 4. The van der Waals surface area contributed by atoms with Crippen molar-refractivity contribution < 1.29 is 14.0 Å². The average molecular weight is 426 g/mol. The molecule has 27 heavy (non-hydrogen) atoms. The van der Waals surface area contributed by atoms with Crippen molar-refractivity contribution in [2.45, 2.75) is 11.7 Å². The zero-order valence-electron chi connectivity index (χ0n) is 14.1. The van der Waals surface area contributed by atoms with Gasteiger partial charge in [0.25, 0.3) is 5.91 Å². The Kier molecular flexibility index (Phi) is 6.04. The number of amides is 2. The fourth-order valence-electron chi connectivity index (χ4n) is 2.44. The van der Waals surface area contributed by atoms with Gasteiger partial charge in [-0.3, -0.25) is 9.59 Å². The monoisotopic (exact) mass is 425 g/mol. The predicted octanol–water partition coefficient (Wildman–Crippen LogP) is 4.40. The Balaban J connectivity index is 1.77. The van der Waals surface area contributed by atoms with Crippen LogP contribution in [-0.4, -0.2) is 34.2 Å². The number of nitrogens with one attached hydrogen (secondary N) is 1. The number of hydrogen-bond donors (Lipinski definition) is 1. The molecule has 1 heterocycles. The van der Waals surface area contributed by atoms with Crippen molar-refractivity contribution in [3.8, 4) is 0 Å². The van der Waals surface area contributed by atoms with Gasteiger partial charge in [0, 0.05) is 24.1 Å². The summed E-state index contributed by atoms with van der Waals surface area (Å²) in [5.41, 5.74) is 0.643. The molecule has 0 fully saturated rings. The van der Waals surface area contributed by atoms with Crippen molar-refractivity contribution in [3.05, 3.63) is 63.9 Å². The van der Waals surface area contributed by atoms with Crippen LogP contribution in [0.15, 0.2) is 47.6 Å². The smallest absolute Gasteiger partial charge is 0.256 e. The second-order valence-electron chi connectivity index (χ2n) is 5.73. The van der Waals surface area contributed by atoms with Crippen molar-refractivity contribution >= 4 is 57.5 Å². The first-order valence-electron chi connectivity index (χ1n) is 7.88. The molecule has 5 nitrogen and oxygen atoms in total. The summed E-state index contributed by atoms with van der Waals surface area (Å²) in [7, 11) is 1.50. The number of thioether (sulfide) groups is 1. The number of benzene rings is 2. The lowest BCUT2D eigenvalue weighted by molar-refractivity contribution is -0.131. The summed E-state index contributed by atoms with van der Waals surface area (Å²) in [6.45, 7) is 0. The van der Waals surface area contributed by atoms with Gasteiger partial charge in [-0.2, -0.15) is 5.10 Å². The summed E-state index contributed by atoms with van der Waals surface area (Å²) in [6, 6.07) is 10.8. The van der Waals surface area contributed by atoms with E-state index in [4.69, 9.17) is 23.2 Å². The molecule has 1 aliphatic heterocycles. The molecule has 2 aromatic rings. The largest absolute Gasteiger partial charge is 0.324 e. The van der Waals surface area contributed by atoms with E-state index >= 15 is 0 Å². The van der Waals surface area contributed by atoms with E-state index in [1.165, 1.54) is 30.3 Å². The first kappa shape index (κ1) is 19.7. The van der Waals surface area contributed by atoms with E-state index < -0.39 is 17.0 Å². The normalized spacial score (nSPS) is 16.9. The Bertz CT molecular complexity index is 939. The Hall–Kier alpha value is -2.09. The molecule has 0 aromatic heterocycles. The van der Waals surface area contributed by atoms with Crippen LogP contribution in [0.4, 0.5) is 10.1 Å². The lowest BCUT2D eigenvalue weighted by atomic mass is 10.2. The van der Waals surface area contributed by atoms with E-state index in [0.717, 1.165) is 11.8 Å². The molecule has 0 spiro atoms. The Morgan fingerprint density at radius 3 is 2.78 bits per heavy atom. The quantitative estimate of drug-likeness (QED) is 0.789. The summed E-state index contributed by atoms with van der Waals surface area (Å²) in [5.74, 6) is -1.35. The number of para-hydroxylation sites is 1. The molecule has 2 amide bonds. The van der Waals surface area contributed by atoms with Gasteiger partial charge in [0.15, 0.2) is 0 Å². The van der Waals surface area contributed by atoms with Crippen LogP contribution < -0.4 is 5.32 Å². The Morgan fingerprint density at radius 1 is 1.30 bits per heavy atom. The highest BCUT2D eigenvalue weighted by molar-refractivity contribution is 8.15. The van der Waals surface area contributed by atoms with E-state index in [9.17, 15) is 14.0 Å². The number of nitrogens with zero attached hydrogens (tertiary/aromatic N) is 2. The molecule has 0 saturated carbocycles. The van der Waals surface area contributed by atoms with Gasteiger partial charge in [0.05, 0.1) is 10.7 Å². The molecular weight excluding hydrogens is 412 g/mol. The van der Waals surface area contributed by atoms with Crippen LogP contribution in [0.1, 0.15) is 12.0 Å². The first-order valence-corrected chi connectivity index (χ1v) is 9.51. The first-order chi connectivity index (χ1) is 12.8. The van der Waals surface area contributed by atoms with Gasteiger partial charge in [-0.25, -0.2) is 9.40 Å². The van der Waals surface area contributed by atoms with Gasteiger partial charge in [0.1, 0.15) is 16.1 Å². The predicted molar refractivity (Wildman–Crippen MR) is 107 cm³/mol. The van der Waals surface area contributed by atoms with Gasteiger partial charge in [0.2, 0.25) is 5.91 Å². The van der Waals surface area contributed by atoms with Crippen molar-refractivity contribution in [2.75, 3.05) is 12.4 Å². The highest BCUT2D eigenvalue weighted by Gasteiger charge is 2.33. The Morgan fingerprint density at radius 2 is 2.04 bits per heavy atom. The van der Waals surface area contributed by atoms with Crippen molar-refractivity contribution in [3.63, 3.8) is 0 Å². The minimum atomic E-state index is -0.718. The second kappa shape index (κ2) is 8.29. The molecule has 1 atom stereocenters. The number of carbonyl (C=O) groups is 2. The summed E-state index contributed by atoms with van der Waals surface area (Å²) >= 11 is 13.4. The SMILES string of the molecule is CN1N=C(c2cc(Cl)ccc2Cl)SC(CC(=O)Nc2ccccc2F)C1=O. The lowest BCUT2D eigenvalue weighted by Crippen LogP contribution is -2.38. The standard InChI is InChI=1S/C18H14Cl2FN3O2S/c1-24-18(26)15(9-16(25)22-14-5-3-2-4-13(14)21)27-17(23-24)11-8-10(19)6-7-12(11)20/h2-8,15H,9H2,1H3,(H,22,25). The van der Waals surface area contributed by atoms with Crippen LogP contribution in [0.3, 0.4) is 0 Å². The average Bonchev–Trinajstić information content (AvgIpc) is 2.63. The molecule has 1 unspecified atom stereocenters.